The van der Waals surface area contributed by atoms with Gasteiger partial charge in [0.2, 0.25) is 0 Å². The second kappa shape index (κ2) is 8.47. The Bertz CT molecular complexity index is 920. The van der Waals surface area contributed by atoms with Crippen LogP contribution in [0.15, 0.2) is 11.6 Å². The van der Waals surface area contributed by atoms with E-state index in [2.05, 4.69) is 0 Å². The highest BCUT2D eigenvalue weighted by Gasteiger charge is 2.76. The Morgan fingerprint density at radius 3 is 2.41 bits per heavy atom. The third kappa shape index (κ3) is 3.67. The van der Waals surface area contributed by atoms with Gasteiger partial charge in [-0.25, -0.2) is 0 Å². The molecule has 4 rings (SSSR count). The summed E-state index contributed by atoms with van der Waals surface area (Å²) in [6.45, 7) is 7.71. The molecular weight excluding hydrogens is 468 g/mol. The monoisotopic (exact) mass is 500 g/mol. The second-order valence-electron chi connectivity index (χ2n) is 10.5. The number of esters is 3. The van der Waals surface area contributed by atoms with Crippen molar-refractivity contribution in [1.82, 2.24) is 0 Å². The standard InChI is InChI=1S/C24H33ClO9/c1-11-21(29)33-18-8-14(10-25)6-7-15(31-12(2)26)22(4)16(32-13(3)27)9-17-23(5,34-17)19(22)20(28)24(11,18)30/h8,11,15-20,28,30H,6-7,9-10H2,1-5H3/b14-8+/t11-,15+,16-,17-,18-,19+,20+,22-,23-,24-/m0/s1. The van der Waals surface area contributed by atoms with Gasteiger partial charge in [-0.1, -0.05) is 12.5 Å². The molecule has 2 saturated heterocycles. The van der Waals surface area contributed by atoms with E-state index in [-0.39, 0.29) is 12.0 Å². The van der Waals surface area contributed by atoms with Crippen LogP contribution in [0.2, 0.25) is 0 Å². The lowest BCUT2D eigenvalue weighted by molar-refractivity contribution is -0.224. The molecule has 2 heterocycles. The number of hydrogen-bond donors (Lipinski definition) is 2. The van der Waals surface area contributed by atoms with Crippen LogP contribution in [0.25, 0.3) is 0 Å². The molecule has 3 fully saturated rings. The second-order valence-corrected chi connectivity index (χ2v) is 10.7. The van der Waals surface area contributed by atoms with Gasteiger partial charge in [0, 0.05) is 37.5 Å². The fourth-order valence-corrected chi connectivity index (χ4v) is 6.79. The smallest absolute Gasteiger partial charge is 0.312 e. The van der Waals surface area contributed by atoms with Crippen molar-refractivity contribution in [3.05, 3.63) is 11.6 Å². The molecule has 0 amide bonds. The zero-order chi connectivity index (χ0) is 25.2. The van der Waals surface area contributed by atoms with Gasteiger partial charge in [-0.05, 0) is 32.8 Å². The summed E-state index contributed by atoms with van der Waals surface area (Å²) < 4.78 is 23.1. The van der Waals surface area contributed by atoms with E-state index in [1.165, 1.54) is 20.8 Å². The maximum Gasteiger partial charge on any atom is 0.312 e. The number of aliphatic hydroxyl groups is 2. The van der Waals surface area contributed by atoms with E-state index >= 15 is 0 Å². The molecule has 2 N–H and O–H groups in total. The van der Waals surface area contributed by atoms with Crippen LogP contribution in [0.4, 0.5) is 0 Å². The molecule has 0 aromatic carbocycles. The number of fused-ring (bicyclic) bond motifs is 4. The summed E-state index contributed by atoms with van der Waals surface area (Å²) in [5, 5.41) is 23.9. The number of alkyl halides is 1. The molecule has 190 valence electrons. The molecule has 2 aliphatic heterocycles. The molecular formula is C24H33ClO9. The van der Waals surface area contributed by atoms with Crippen LogP contribution in [-0.4, -0.2) is 75.7 Å². The number of hydrogen-bond acceptors (Lipinski definition) is 9. The SMILES string of the molecule is CC(=O)O[C@H]1C[C@@H]2O[C@]2(C)[C@@H]2[C@@H](O)[C@@]3(O)[C@H](/C=C(/CCl)CC[C@@H](OC(C)=O)[C@@]12C)OC(=O)[C@@H]3C. The summed E-state index contributed by atoms with van der Waals surface area (Å²) in [4.78, 5) is 36.8. The van der Waals surface area contributed by atoms with Crippen molar-refractivity contribution < 1.29 is 43.5 Å². The number of carbonyl (C=O) groups excluding carboxylic acids is 3. The van der Waals surface area contributed by atoms with E-state index in [0.717, 1.165) is 0 Å². The number of aliphatic hydroxyl groups excluding tert-OH is 1. The molecule has 10 heteroatoms. The Hall–Kier alpha value is -1.68. The maximum atomic E-state index is 12.6. The van der Waals surface area contributed by atoms with Crippen LogP contribution in [0.1, 0.15) is 53.9 Å². The molecule has 0 aromatic heterocycles. The van der Waals surface area contributed by atoms with Gasteiger partial charge < -0.3 is 29.2 Å². The fraction of sp³-hybridized carbons (Fsp3) is 0.792. The van der Waals surface area contributed by atoms with E-state index in [9.17, 15) is 24.6 Å². The highest BCUT2D eigenvalue weighted by atomic mass is 35.5. The summed E-state index contributed by atoms with van der Waals surface area (Å²) in [7, 11) is 0. The lowest BCUT2D eigenvalue weighted by Gasteiger charge is -2.55. The van der Waals surface area contributed by atoms with Crippen LogP contribution in [-0.2, 0) is 33.3 Å². The van der Waals surface area contributed by atoms with E-state index in [0.29, 0.717) is 24.8 Å². The summed E-state index contributed by atoms with van der Waals surface area (Å²) >= 11 is 6.17. The Morgan fingerprint density at radius 2 is 1.82 bits per heavy atom. The van der Waals surface area contributed by atoms with Gasteiger partial charge in [0.15, 0.2) is 6.10 Å². The topological polar surface area (TPSA) is 132 Å². The van der Waals surface area contributed by atoms with Crippen molar-refractivity contribution in [2.24, 2.45) is 17.3 Å². The Morgan fingerprint density at radius 1 is 1.21 bits per heavy atom. The average Bonchev–Trinajstić information content (AvgIpc) is 3.35. The summed E-state index contributed by atoms with van der Waals surface area (Å²) in [5.41, 5.74) is -3.38. The van der Waals surface area contributed by atoms with Crippen molar-refractivity contribution in [3.63, 3.8) is 0 Å². The number of carbonyl (C=O) groups is 3. The molecule has 0 unspecified atom stereocenters. The van der Waals surface area contributed by atoms with E-state index in [1.54, 1.807) is 13.0 Å². The van der Waals surface area contributed by atoms with Crippen LogP contribution in [0, 0.1) is 17.3 Å². The zero-order valence-electron chi connectivity index (χ0n) is 20.1. The van der Waals surface area contributed by atoms with E-state index in [1.807, 2.05) is 6.92 Å². The first-order chi connectivity index (χ1) is 15.8. The maximum absolute atomic E-state index is 12.6. The normalized spacial score (nSPS) is 49.4. The molecule has 2 aliphatic carbocycles. The molecule has 1 saturated carbocycles. The third-order valence-electron chi connectivity index (χ3n) is 8.52. The number of ether oxygens (including phenoxy) is 4. The number of halogens is 1. The van der Waals surface area contributed by atoms with Gasteiger partial charge in [0.05, 0.1) is 23.7 Å². The minimum Gasteiger partial charge on any atom is -0.462 e. The number of allylic oxidation sites excluding steroid dienone is 1. The van der Waals surface area contributed by atoms with Crippen LogP contribution < -0.4 is 0 Å². The molecule has 34 heavy (non-hydrogen) atoms. The van der Waals surface area contributed by atoms with Crippen LogP contribution in [0.3, 0.4) is 0 Å². The average molecular weight is 501 g/mol. The zero-order valence-corrected chi connectivity index (χ0v) is 20.8. The van der Waals surface area contributed by atoms with Crippen molar-refractivity contribution in [2.75, 3.05) is 5.88 Å². The van der Waals surface area contributed by atoms with Gasteiger partial charge in [0.1, 0.15) is 17.8 Å². The summed E-state index contributed by atoms with van der Waals surface area (Å²) in [6.07, 6.45) is -1.93. The van der Waals surface area contributed by atoms with Crippen molar-refractivity contribution in [3.8, 4) is 0 Å². The van der Waals surface area contributed by atoms with Crippen LogP contribution >= 0.6 is 11.6 Å². The first-order valence-corrected chi connectivity index (χ1v) is 12.2. The first kappa shape index (κ1) is 25.4. The largest absolute Gasteiger partial charge is 0.462 e. The fourth-order valence-electron chi connectivity index (χ4n) is 6.57. The summed E-state index contributed by atoms with van der Waals surface area (Å²) in [5.74, 6) is -3.50. The number of epoxide rings is 1. The molecule has 9 nitrogen and oxygen atoms in total. The molecule has 0 aromatic rings. The third-order valence-corrected chi connectivity index (χ3v) is 8.86. The molecule has 10 atom stereocenters. The first-order valence-electron chi connectivity index (χ1n) is 11.7. The van der Waals surface area contributed by atoms with E-state index in [4.69, 9.17) is 30.5 Å². The Kier molecular flexibility index (Phi) is 6.33. The van der Waals surface area contributed by atoms with Crippen molar-refractivity contribution >= 4 is 29.5 Å². The lowest BCUT2D eigenvalue weighted by atomic mass is 9.53. The van der Waals surface area contributed by atoms with Crippen LogP contribution in [0.5, 0.6) is 0 Å². The van der Waals surface area contributed by atoms with Crippen molar-refractivity contribution in [2.45, 2.75) is 95.6 Å². The predicted molar refractivity (Wildman–Crippen MR) is 119 cm³/mol. The molecule has 0 radical (unpaired) electrons. The molecule has 4 aliphatic rings. The quantitative estimate of drug-likeness (QED) is 0.195. The minimum absolute atomic E-state index is 0.0951. The highest BCUT2D eigenvalue weighted by molar-refractivity contribution is 6.19. The van der Waals surface area contributed by atoms with Gasteiger partial charge in [-0.3, -0.25) is 14.4 Å². The predicted octanol–water partition coefficient (Wildman–Crippen LogP) is 1.65. The lowest BCUT2D eigenvalue weighted by Crippen LogP contribution is -2.68. The van der Waals surface area contributed by atoms with Gasteiger partial charge >= 0.3 is 17.9 Å². The molecule has 0 bridgehead atoms. The van der Waals surface area contributed by atoms with Gasteiger partial charge in [-0.15, -0.1) is 11.6 Å². The van der Waals surface area contributed by atoms with Gasteiger partial charge in [-0.2, -0.15) is 0 Å². The van der Waals surface area contributed by atoms with Gasteiger partial charge in [0.25, 0.3) is 0 Å². The Balaban J connectivity index is 1.93. The number of rotatable bonds is 3. The summed E-state index contributed by atoms with van der Waals surface area (Å²) in [6, 6.07) is 0. The highest BCUT2D eigenvalue weighted by Crippen LogP contribution is 2.64. The molecule has 0 spiro atoms. The van der Waals surface area contributed by atoms with E-state index < -0.39 is 70.8 Å². The van der Waals surface area contributed by atoms with Crippen molar-refractivity contribution in [1.29, 1.82) is 0 Å². The Labute approximate surface area is 203 Å². The minimum atomic E-state index is -2.00.